The van der Waals surface area contributed by atoms with Gasteiger partial charge in [0.1, 0.15) is 11.5 Å². The van der Waals surface area contributed by atoms with Crippen LogP contribution in [0.4, 0.5) is 0 Å². The fourth-order valence-corrected chi connectivity index (χ4v) is 2.69. The highest BCUT2D eigenvalue weighted by Gasteiger charge is 2.09. The molecule has 0 saturated carbocycles. The fraction of sp³-hybridized carbons (Fsp3) is 0.273. The van der Waals surface area contributed by atoms with Gasteiger partial charge in [-0.3, -0.25) is 4.79 Å². The minimum atomic E-state index is -0.0448. The van der Waals surface area contributed by atoms with Gasteiger partial charge < -0.3 is 19.2 Å². The van der Waals surface area contributed by atoms with E-state index in [0.29, 0.717) is 37.6 Å². The lowest BCUT2D eigenvalue weighted by atomic mass is 10.2. The number of nitrogens with zero attached hydrogens (tertiary/aromatic N) is 1. The van der Waals surface area contributed by atoms with Crippen LogP contribution in [0.2, 0.25) is 0 Å². The zero-order valence-electron chi connectivity index (χ0n) is 16.1. The van der Waals surface area contributed by atoms with Crippen LogP contribution >= 0.6 is 0 Å². The Morgan fingerprint density at radius 2 is 1.79 bits per heavy atom. The fourth-order valence-electron chi connectivity index (χ4n) is 2.69. The number of oxazole rings is 1. The molecule has 0 aliphatic heterocycles. The molecule has 28 heavy (non-hydrogen) atoms. The first-order valence-corrected chi connectivity index (χ1v) is 9.25. The van der Waals surface area contributed by atoms with E-state index in [4.69, 9.17) is 13.9 Å². The van der Waals surface area contributed by atoms with Gasteiger partial charge in [-0.05, 0) is 48.9 Å². The van der Waals surface area contributed by atoms with Crippen LogP contribution in [0, 0.1) is 0 Å². The van der Waals surface area contributed by atoms with Crippen molar-refractivity contribution in [2.24, 2.45) is 0 Å². The van der Waals surface area contributed by atoms with E-state index in [-0.39, 0.29) is 5.91 Å². The Bertz CT molecular complexity index is 886. The third kappa shape index (κ3) is 5.36. The third-order valence-corrected chi connectivity index (χ3v) is 4.22. The number of ether oxygens (including phenoxy) is 2. The number of hydrogen-bond donors (Lipinski definition) is 1. The van der Waals surface area contributed by atoms with E-state index < -0.39 is 0 Å². The molecule has 0 atom stereocenters. The second-order valence-electron chi connectivity index (χ2n) is 6.20. The molecule has 0 saturated heterocycles. The lowest BCUT2D eigenvalue weighted by molar-refractivity contribution is -0.121. The smallest absolute Gasteiger partial charge is 0.220 e. The van der Waals surface area contributed by atoms with Gasteiger partial charge >= 0.3 is 0 Å². The summed E-state index contributed by atoms with van der Waals surface area (Å²) < 4.78 is 16.3. The molecule has 6 nitrogen and oxygen atoms in total. The van der Waals surface area contributed by atoms with Crippen LogP contribution in [-0.2, 0) is 17.8 Å². The molecule has 3 aromatic rings. The Kier molecular flexibility index (Phi) is 6.68. The largest absolute Gasteiger partial charge is 0.497 e. The minimum Gasteiger partial charge on any atom is -0.497 e. The zero-order chi connectivity index (χ0) is 19.8. The zero-order valence-corrected chi connectivity index (χ0v) is 16.1. The molecular formula is C22H24N2O4. The first-order chi connectivity index (χ1) is 13.7. The molecule has 0 radical (unpaired) electrons. The predicted octanol–water partition coefficient (Wildman–Crippen LogP) is 4.00. The summed E-state index contributed by atoms with van der Waals surface area (Å²) in [7, 11) is 1.63. The van der Waals surface area contributed by atoms with E-state index in [2.05, 4.69) is 10.3 Å². The van der Waals surface area contributed by atoms with Gasteiger partial charge in [-0.25, -0.2) is 4.98 Å². The summed E-state index contributed by atoms with van der Waals surface area (Å²) in [6, 6.07) is 15.2. The highest BCUT2D eigenvalue weighted by atomic mass is 16.5. The van der Waals surface area contributed by atoms with Crippen molar-refractivity contribution in [3.05, 3.63) is 66.2 Å². The SMILES string of the molecule is CCOc1ccc(-c2cnc(CCC(=O)NCc3ccc(OC)cc3)o2)cc1. The monoisotopic (exact) mass is 380 g/mol. The lowest BCUT2D eigenvalue weighted by Gasteiger charge is -2.06. The first kappa shape index (κ1) is 19.5. The molecule has 1 N–H and O–H groups in total. The Morgan fingerprint density at radius 1 is 1.07 bits per heavy atom. The van der Waals surface area contributed by atoms with E-state index in [1.807, 2.05) is 55.5 Å². The van der Waals surface area contributed by atoms with Crippen molar-refractivity contribution in [3.8, 4) is 22.8 Å². The van der Waals surface area contributed by atoms with Gasteiger partial charge in [0.2, 0.25) is 5.91 Å². The maximum absolute atomic E-state index is 12.1. The van der Waals surface area contributed by atoms with Gasteiger partial charge in [-0.15, -0.1) is 0 Å². The van der Waals surface area contributed by atoms with E-state index in [1.165, 1.54) is 0 Å². The average Bonchev–Trinajstić information content (AvgIpc) is 3.21. The third-order valence-electron chi connectivity index (χ3n) is 4.22. The Balaban J connectivity index is 1.47. The molecule has 0 fully saturated rings. The maximum atomic E-state index is 12.1. The van der Waals surface area contributed by atoms with Crippen LogP contribution in [0.1, 0.15) is 24.8 Å². The van der Waals surface area contributed by atoms with Gasteiger partial charge in [-0.1, -0.05) is 12.1 Å². The van der Waals surface area contributed by atoms with Crippen molar-refractivity contribution in [2.45, 2.75) is 26.3 Å². The molecule has 3 rings (SSSR count). The van der Waals surface area contributed by atoms with Crippen molar-refractivity contribution in [1.29, 1.82) is 0 Å². The number of carbonyl (C=O) groups is 1. The Labute approximate surface area is 164 Å². The van der Waals surface area contributed by atoms with Crippen LogP contribution in [0.5, 0.6) is 11.5 Å². The summed E-state index contributed by atoms with van der Waals surface area (Å²) in [5.74, 6) is 2.79. The minimum absolute atomic E-state index is 0.0448. The van der Waals surface area contributed by atoms with Crippen LogP contribution < -0.4 is 14.8 Å². The molecule has 0 bridgehead atoms. The van der Waals surface area contributed by atoms with Gasteiger partial charge in [0.15, 0.2) is 11.7 Å². The summed E-state index contributed by atoms with van der Waals surface area (Å²) >= 11 is 0. The molecule has 0 unspecified atom stereocenters. The molecule has 1 heterocycles. The second-order valence-corrected chi connectivity index (χ2v) is 6.20. The Hall–Kier alpha value is -3.28. The van der Waals surface area contributed by atoms with E-state index in [0.717, 1.165) is 22.6 Å². The number of rotatable bonds is 9. The van der Waals surface area contributed by atoms with Crippen molar-refractivity contribution in [3.63, 3.8) is 0 Å². The van der Waals surface area contributed by atoms with Crippen LogP contribution in [0.25, 0.3) is 11.3 Å². The van der Waals surface area contributed by atoms with Gasteiger partial charge in [0.05, 0.1) is 19.9 Å². The predicted molar refractivity (Wildman–Crippen MR) is 106 cm³/mol. The summed E-state index contributed by atoms with van der Waals surface area (Å²) in [5, 5.41) is 2.90. The quantitative estimate of drug-likeness (QED) is 0.607. The highest BCUT2D eigenvalue weighted by Crippen LogP contribution is 2.23. The number of aromatic nitrogens is 1. The summed E-state index contributed by atoms with van der Waals surface area (Å²) in [6.45, 7) is 3.06. The summed E-state index contributed by atoms with van der Waals surface area (Å²) in [4.78, 5) is 16.3. The number of methoxy groups -OCH3 is 1. The van der Waals surface area contributed by atoms with E-state index in [1.54, 1.807) is 13.3 Å². The number of benzene rings is 2. The summed E-state index contributed by atoms with van der Waals surface area (Å²) in [6.07, 6.45) is 2.45. The van der Waals surface area contributed by atoms with Gasteiger partial charge in [0, 0.05) is 24.9 Å². The summed E-state index contributed by atoms with van der Waals surface area (Å²) in [5.41, 5.74) is 1.94. The van der Waals surface area contributed by atoms with E-state index in [9.17, 15) is 4.79 Å². The number of nitrogens with one attached hydrogen (secondary N) is 1. The number of carbonyl (C=O) groups excluding carboxylic acids is 1. The van der Waals surface area contributed by atoms with E-state index >= 15 is 0 Å². The maximum Gasteiger partial charge on any atom is 0.220 e. The lowest BCUT2D eigenvalue weighted by Crippen LogP contribution is -2.23. The standard InChI is InChI=1S/C22H24N2O4/c1-3-27-19-10-6-17(7-11-19)20-15-24-22(28-20)13-12-21(25)23-14-16-4-8-18(26-2)9-5-16/h4-11,15H,3,12-14H2,1-2H3,(H,23,25). The molecule has 1 amide bonds. The molecule has 6 heteroatoms. The van der Waals surface area contributed by atoms with Crippen molar-refractivity contribution < 1.29 is 18.7 Å². The second kappa shape index (κ2) is 9.60. The molecule has 1 aromatic heterocycles. The Morgan fingerprint density at radius 3 is 2.46 bits per heavy atom. The average molecular weight is 380 g/mol. The van der Waals surface area contributed by atoms with Crippen LogP contribution in [0.3, 0.4) is 0 Å². The number of hydrogen-bond acceptors (Lipinski definition) is 5. The van der Waals surface area contributed by atoms with Crippen molar-refractivity contribution >= 4 is 5.91 Å². The molecule has 0 aliphatic carbocycles. The molecule has 146 valence electrons. The van der Waals surface area contributed by atoms with Crippen LogP contribution in [-0.4, -0.2) is 24.6 Å². The normalized spacial score (nSPS) is 10.5. The molecular weight excluding hydrogens is 356 g/mol. The topological polar surface area (TPSA) is 73.6 Å². The van der Waals surface area contributed by atoms with Crippen molar-refractivity contribution in [2.75, 3.05) is 13.7 Å². The number of aryl methyl sites for hydroxylation is 1. The molecule has 0 spiro atoms. The molecule has 2 aromatic carbocycles. The van der Waals surface area contributed by atoms with Gasteiger partial charge in [-0.2, -0.15) is 0 Å². The van der Waals surface area contributed by atoms with Crippen LogP contribution in [0.15, 0.2) is 59.1 Å². The highest BCUT2D eigenvalue weighted by molar-refractivity contribution is 5.76. The molecule has 0 aliphatic rings. The van der Waals surface area contributed by atoms with Gasteiger partial charge in [0.25, 0.3) is 0 Å². The first-order valence-electron chi connectivity index (χ1n) is 9.25. The number of amides is 1. The van der Waals surface area contributed by atoms with Crippen molar-refractivity contribution in [1.82, 2.24) is 10.3 Å².